The first-order chi connectivity index (χ1) is 11.6. The number of anilines is 1. The summed E-state index contributed by atoms with van der Waals surface area (Å²) in [6.07, 6.45) is -0.778. The molecule has 0 bridgehead atoms. The van der Waals surface area contributed by atoms with Gasteiger partial charge in [0.2, 0.25) is 0 Å². The van der Waals surface area contributed by atoms with Gasteiger partial charge < -0.3 is 13.6 Å². The third-order valence-corrected chi connectivity index (χ3v) is 2.83. The van der Waals surface area contributed by atoms with Gasteiger partial charge in [0, 0.05) is 0 Å². The number of nitrogens with one attached hydrogen (secondary N) is 1. The predicted molar refractivity (Wildman–Crippen MR) is 78.9 cm³/mol. The molecule has 0 saturated carbocycles. The lowest BCUT2D eigenvalue weighted by atomic mass is 10.2. The maximum absolute atomic E-state index is 11.7. The van der Waals surface area contributed by atoms with Crippen LogP contribution in [0.5, 0.6) is 0 Å². The number of carbonyl (C=O) groups excluding carboxylic acids is 1. The number of rotatable bonds is 5. The molecule has 1 aromatic carbocycles. The molecule has 2 heterocycles. The van der Waals surface area contributed by atoms with Crippen molar-refractivity contribution < 1.29 is 23.3 Å². The van der Waals surface area contributed by atoms with Crippen molar-refractivity contribution in [2.45, 2.75) is 6.61 Å². The molecule has 0 aliphatic rings. The van der Waals surface area contributed by atoms with Crippen molar-refractivity contribution in [2.75, 3.05) is 5.32 Å². The average Bonchev–Trinajstić information content (AvgIpc) is 3.23. The van der Waals surface area contributed by atoms with E-state index in [0.717, 1.165) is 11.6 Å². The largest absolute Gasteiger partial charge is 0.444 e. The van der Waals surface area contributed by atoms with Crippen molar-refractivity contribution in [1.82, 2.24) is 10.2 Å². The SMILES string of the molecule is O=C(Nc1nnc(-c2ccc([N+](=O)[O-])o2)o1)OCc1ccccc1. The van der Waals surface area contributed by atoms with Gasteiger partial charge in [-0.1, -0.05) is 35.4 Å². The molecular formula is C14H10N4O6. The van der Waals surface area contributed by atoms with Crippen molar-refractivity contribution in [2.24, 2.45) is 0 Å². The van der Waals surface area contributed by atoms with Gasteiger partial charge in [-0.2, -0.15) is 0 Å². The second kappa shape index (κ2) is 6.60. The second-order valence-corrected chi connectivity index (χ2v) is 4.49. The minimum Gasteiger partial charge on any atom is -0.444 e. The third-order valence-electron chi connectivity index (χ3n) is 2.83. The van der Waals surface area contributed by atoms with Crippen molar-refractivity contribution in [3.8, 4) is 11.7 Å². The first kappa shape index (κ1) is 15.2. The first-order valence-corrected chi connectivity index (χ1v) is 6.67. The van der Waals surface area contributed by atoms with Crippen LogP contribution in [0.4, 0.5) is 16.7 Å². The lowest BCUT2D eigenvalue weighted by molar-refractivity contribution is -0.401. The molecule has 0 aliphatic carbocycles. The van der Waals surface area contributed by atoms with Crippen LogP contribution in [0, 0.1) is 10.1 Å². The molecule has 122 valence electrons. The Morgan fingerprint density at radius 2 is 1.96 bits per heavy atom. The summed E-state index contributed by atoms with van der Waals surface area (Å²) in [5, 5.41) is 20.0. The summed E-state index contributed by atoms with van der Waals surface area (Å²) in [5.74, 6) is -0.554. The first-order valence-electron chi connectivity index (χ1n) is 6.67. The van der Waals surface area contributed by atoms with Crippen LogP contribution >= 0.6 is 0 Å². The van der Waals surface area contributed by atoms with Crippen LogP contribution in [0.15, 0.2) is 51.3 Å². The summed E-state index contributed by atoms with van der Waals surface area (Å²) in [6, 6.07) is 11.4. The maximum atomic E-state index is 11.7. The molecule has 24 heavy (non-hydrogen) atoms. The van der Waals surface area contributed by atoms with E-state index in [1.54, 1.807) is 0 Å². The highest BCUT2D eigenvalue weighted by Gasteiger charge is 2.18. The van der Waals surface area contributed by atoms with Gasteiger partial charge in [-0.05, 0) is 11.6 Å². The summed E-state index contributed by atoms with van der Waals surface area (Å²) in [4.78, 5) is 21.5. The van der Waals surface area contributed by atoms with E-state index in [4.69, 9.17) is 13.6 Å². The van der Waals surface area contributed by atoms with E-state index < -0.39 is 16.9 Å². The number of hydrogen-bond donors (Lipinski definition) is 1. The summed E-state index contributed by atoms with van der Waals surface area (Å²) in [5.41, 5.74) is 0.821. The van der Waals surface area contributed by atoms with Gasteiger partial charge >= 0.3 is 18.0 Å². The highest BCUT2D eigenvalue weighted by molar-refractivity contribution is 5.81. The zero-order chi connectivity index (χ0) is 16.9. The van der Waals surface area contributed by atoms with E-state index >= 15 is 0 Å². The van der Waals surface area contributed by atoms with E-state index in [1.165, 1.54) is 6.07 Å². The van der Waals surface area contributed by atoms with Crippen molar-refractivity contribution in [3.63, 3.8) is 0 Å². The molecule has 0 spiro atoms. The number of ether oxygens (including phenoxy) is 1. The van der Waals surface area contributed by atoms with Crippen LogP contribution in [-0.4, -0.2) is 21.2 Å². The fraction of sp³-hybridized carbons (Fsp3) is 0.0714. The quantitative estimate of drug-likeness (QED) is 0.557. The molecule has 0 unspecified atom stereocenters. The van der Waals surface area contributed by atoms with Crippen molar-refractivity contribution in [1.29, 1.82) is 0 Å². The minimum absolute atomic E-state index is 0.0138. The van der Waals surface area contributed by atoms with Gasteiger partial charge in [-0.3, -0.25) is 10.1 Å². The zero-order valence-corrected chi connectivity index (χ0v) is 12.0. The number of carbonyl (C=O) groups is 1. The van der Waals surface area contributed by atoms with Crippen LogP contribution in [0.25, 0.3) is 11.7 Å². The highest BCUT2D eigenvalue weighted by atomic mass is 16.6. The molecule has 0 fully saturated rings. The second-order valence-electron chi connectivity index (χ2n) is 4.49. The maximum Gasteiger partial charge on any atom is 0.433 e. The van der Waals surface area contributed by atoms with Gasteiger partial charge in [0.15, 0.2) is 5.76 Å². The topological polar surface area (TPSA) is 134 Å². The Balaban J connectivity index is 1.59. The van der Waals surface area contributed by atoms with Gasteiger partial charge in [0.05, 0.1) is 6.07 Å². The van der Waals surface area contributed by atoms with Gasteiger partial charge in [-0.25, -0.2) is 10.1 Å². The number of aromatic nitrogens is 2. The Hall–Kier alpha value is -3.69. The fourth-order valence-corrected chi connectivity index (χ4v) is 1.76. The monoisotopic (exact) mass is 330 g/mol. The van der Waals surface area contributed by atoms with E-state index in [-0.39, 0.29) is 24.3 Å². The van der Waals surface area contributed by atoms with E-state index in [1.807, 2.05) is 30.3 Å². The Labute approximate surface area is 134 Å². The van der Waals surface area contributed by atoms with Crippen LogP contribution in [0.1, 0.15) is 5.56 Å². The molecule has 1 amide bonds. The molecule has 0 atom stereocenters. The van der Waals surface area contributed by atoms with E-state index in [0.29, 0.717) is 0 Å². The van der Waals surface area contributed by atoms with Crippen LogP contribution in [0.2, 0.25) is 0 Å². The van der Waals surface area contributed by atoms with E-state index in [2.05, 4.69) is 15.5 Å². The van der Waals surface area contributed by atoms with Gasteiger partial charge in [-0.15, -0.1) is 5.10 Å². The van der Waals surface area contributed by atoms with Gasteiger partial charge in [0.1, 0.15) is 11.5 Å². The normalized spacial score (nSPS) is 10.3. The standard InChI is InChI=1S/C14H10N4O6/c19-14(22-8-9-4-2-1-3-5-9)15-13-17-16-12(24-13)10-6-7-11(23-10)18(20)21/h1-7H,8H2,(H,15,17,19). The van der Waals surface area contributed by atoms with Crippen molar-refractivity contribution in [3.05, 3.63) is 58.1 Å². The summed E-state index contributed by atoms with van der Waals surface area (Å²) in [6.45, 7) is 0.0814. The smallest absolute Gasteiger partial charge is 0.433 e. The number of amides is 1. The lowest BCUT2D eigenvalue weighted by Crippen LogP contribution is -2.13. The van der Waals surface area contributed by atoms with Crippen LogP contribution in [0.3, 0.4) is 0 Å². The summed E-state index contributed by atoms with van der Waals surface area (Å²) in [7, 11) is 0. The Morgan fingerprint density at radius 3 is 2.67 bits per heavy atom. The summed E-state index contributed by atoms with van der Waals surface area (Å²) >= 11 is 0. The Bertz CT molecular complexity index is 857. The molecule has 0 saturated heterocycles. The van der Waals surface area contributed by atoms with Crippen LogP contribution < -0.4 is 5.32 Å². The fourth-order valence-electron chi connectivity index (χ4n) is 1.76. The third kappa shape index (κ3) is 3.55. The van der Waals surface area contributed by atoms with Crippen molar-refractivity contribution >= 4 is 18.0 Å². The predicted octanol–water partition coefficient (Wildman–Crippen LogP) is 2.99. The zero-order valence-electron chi connectivity index (χ0n) is 12.0. The summed E-state index contributed by atoms with van der Waals surface area (Å²) < 4.78 is 15.0. The average molecular weight is 330 g/mol. The molecule has 0 radical (unpaired) electrons. The van der Waals surface area contributed by atoms with Gasteiger partial charge in [0.25, 0.3) is 5.89 Å². The van der Waals surface area contributed by atoms with E-state index in [9.17, 15) is 14.9 Å². The Morgan fingerprint density at radius 1 is 1.17 bits per heavy atom. The number of furan rings is 1. The molecule has 0 aliphatic heterocycles. The number of hydrogen-bond acceptors (Lipinski definition) is 8. The molecule has 3 aromatic rings. The molecule has 1 N–H and O–H groups in total. The molecular weight excluding hydrogens is 320 g/mol. The highest BCUT2D eigenvalue weighted by Crippen LogP contribution is 2.25. The molecule has 2 aromatic heterocycles. The number of nitro groups is 1. The molecule has 10 heteroatoms. The number of benzene rings is 1. The molecule has 10 nitrogen and oxygen atoms in total. The Kier molecular flexibility index (Phi) is 4.19. The molecule has 3 rings (SSSR count). The minimum atomic E-state index is -0.778. The van der Waals surface area contributed by atoms with Crippen LogP contribution in [-0.2, 0) is 11.3 Å². The lowest BCUT2D eigenvalue weighted by Gasteiger charge is -2.03. The number of nitrogens with zero attached hydrogens (tertiary/aromatic N) is 3.